The number of hydrogen-bond donors (Lipinski definition) is 0. The van der Waals surface area contributed by atoms with Crippen molar-refractivity contribution < 1.29 is 9.21 Å². The Hall–Kier alpha value is -2.93. The van der Waals surface area contributed by atoms with E-state index in [9.17, 15) is 9.59 Å². The van der Waals surface area contributed by atoms with Crippen molar-refractivity contribution in [1.29, 1.82) is 0 Å². The molecule has 0 radical (unpaired) electrons. The third-order valence-electron chi connectivity index (χ3n) is 5.59. The van der Waals surface area contributed by atoms with Crippen molar-refractivity contribution in [1.82, 2.24) is 19.4 Å². The monoisotopic (exact) mass is 440 g/mol. The quantitative estimate of drug-likeness (QED) is 0.602. The van der Waals surface area contributed by atoms with Crippen LogP contribution in [0.3, 0.4) is 0 Å². The lowest BCUT2D eigenvalue weighted by molar-refractivity contribution is -0.136. The van der Waals surface area contributed by atoms with Crippen molar-refractivity contribution in [3.63, 3.8) is 0 Å². The van der Waals surface area contributed by atoms with Gasteiger partial charge in [-0.15, -0.1) is 0 Å². The minimum atomic E-state index is -0.403. The molecule has 0 bridgehead atoms. The van der Waals surface area contributed by atoms with E-state index >= 15 is 0 Å². The maximum Gasteiger partial charge on any atom is 0.348 e. The van der Waals surface area contributed by atoms with Crippen LogP contribution in [0.5, 0.6) is 0 Å². The van der Waals surface area contributed by atoms with Crippen LogP contribution in [0, 0.1) is 13.8 Å². The third-order valence-corrected chi connectivity index (χ3v) is 5.82. The second kappa shape index (κ2) is 9.06. The number of amides is 1. The number of carbonyl (C=O) groups excluding carboxylic acids is 1. The minimum Gasteiger partial charge on any atom is -0.443 e. The van der Waals surface area contributed by atoms with Crippen molar-refractivity contribution in [3.8, 4) is 0 Å². The van der Waals surface area contributed by atoms with Gasteiger partial charge in [-0.25, -0.2) is 9.78 Å². The molecule has 7 nitrogen and oxygen atoms in total. The molecule has 0 unspecified atom stereocenters. The first kappa shape index (κ1) is 21.3. The van der Waals surface area contributed by atoms with Crippen molar-refractivity contribution in [2.45, 2.75) is 52.1 Å². The Morgan fingerprint density at radius 3 is 2.87 bits per heavy atom. The lowest BCUT2D eigenvalue weighted by Gasteiger charge is -2.34. The first-order chi connectivity index (χ1) is 14.9. The molecule has 1 atom stereocenters. The van der Waals surface area contributed by atoms with E-state index in [2.05, 4.69) is 9.97 Å². The van der Waals surface area contributed by atoms with Gasteiger partial charge in [0.1, 0.15) is 18.3 Å². The van der Waals surface area contributed by atoms with E-state index in [4.69, 9.17) is 16.0 Å². The van der Waals surface area contributed by atoms with Crippen LogP contribution in [0.15, 0.2) is 45.7 Å². The molecule has 2 aromatic heterocycles. The first-order valence-electron chi connectivity index (χ1n) is 10.4. The Balaban J connectivity index is 1.52. The van der Waals surface area contributed by atoms with Gasteiger partial charge in [-0.1, -0.05) is 23.7 Å². The number of rotatable bonds is 5. The fourth-order valence-electron chi connectivity index (χ4n) is 4.09. The smallest absolute Gasteiger partial charge is 0.348 e. The predicted molar refractivity (Wildman–Crippen MR) is 117 cm³/mol. The van der Waals surface area contributed by atoms with Crippen LogP contribution in [0.25, 0.3) is 0 Å². The number of halogens is 1. The highest BCUT2D eigenvalue weighted by Crippen LogP contribution is 2.31. The molecular formula is C23H25ClN4O3. The number of piperidine rings is 1. The van der Waals surface area contributed by atoms with Gasteiger partial charge < -0.3 is 9.32 Å². The molecule has 1 aliphatic rings. The van der Waals surface area contributed by atoms with Crippen molar-refractivity contribution in [3.05, 3.63) is 80.6 Å². The summed E-state index contributed by atoms with van der Waals surface area (Å²) < 4.78 is 7.45. The number of carbonyl (C=O) groups is 1. The number of aromatic nitrogens is 3. The Bertz CT molecular complexity index is 1150. The number of nitrogens with zero attached hydrogens (tertiary/aromatic N) is 4. The average molecular weight is 441 g/mol. The average Bonchev–Trinajstić information content (AvgIpc) is 3.19. The van der Waals surface area contributed by atoms with Crippen LogP contribution in [-0.2, 0) is 17.8 Å². The van der Waals surface area contributed by atoms with Crippen molar-refractivity contribution in [2.75, 3.05) is 6.54 Å². The molecule has 3 aromatic rings. The molecule has 1 aromatic carbocycles. The molecule has 162 valence electrons. The highest BCUT2D eigenvalue weighted by Gasteiger charge is 2.31. The van der Waals surface area contributed by atoms with Gasteiger partial charge in [0.15, 0.2) is 0 Å². The maximum absolute atomic E-state index is 13.1. The largest absolute Gasteiger partial charge is 0.443 e. The summed E-state index contributed by atoms with van der Waals surface area (Å²) in [4.78, 5) is 35.6. The summed E-state index contributed by atoms with van der Waals surface area (Å²) in [6.45, 7) is 4.16. The van der Waals surface area contributed by atoms with Gasteiger partial charge in [0.2, 0.25) is 11.8 Å². The summed E-state index contributed by atoms with van der Waals surface area (Å²) in [6.07, 6.45) is 4.98. The molecule has 0 aliphatic carbocycles. The minimum absolute atomic E-state index is 0.0372. The lowest BCUT2D eigenvalue weighted by Crippen LogP contribution is -2.42. The summed E-state index contributed by atoms with van der Waals surface area (Å²) in [7, 11) is 0. The number of aryl methyl sites for hydroxylation is 2. The first-order valence-corrected chi connectivity index (χ1v) is 10.8. The van der Waals surface area contributed by atoms with Gasteiger partial charge >= 0.3 is 5.69 Å². The Labute approximate surface area is 185 Å². The van der Waals surface area contributed by atoms with Gasteiger partial charge in [0.25, 0.3) is 0 Å². The van der Waals surface area contributed by atoms with Crippen molar-refractivity contribution in [2.24, 2.45) is 0 Å². The zero-order valence-corrected chi connectivity index (χ0v) is 18.4. The molecule has 1 fully saturated rings. The van der Waals surface area contributed by atoms with E-state index in [0.717, 1.165) is 36.3 Å². The van der Waals surface area contributed by atoms with Crippen LogP contribution >= 0.6 is 11.6 Å². The van der Waals surface area contributed by atoms with E-state index in [1.54, 1.807) is 24.1 Å². The van der Waals surface area contributed by atoms with Gasteiger partial charge in [-0.05, 0) is 56.9 Å². The van der Waals surface area contributed by atoms with Crippen LogP contribution in [-0.4, -0.2) is 31.9 Å². The highest BCUT2D eigenvalue weighted by molar-refractivity contribution is 6.30. The summed E-state index contributed by atoms with van der Waals surface area (Å²) >= 11 is 6.07. The lowest BCUT2D eigenvalue weighted by atomic mass is 10.0. The molecule has 0 spiro atoms. The Kier molecular flexibility index (Phi) is 6.23. The normalized spacial score (nSPS) is 16.5. The fourth-order valence-corrected chi connectivity index (χ4v) is 4.30. The molecule has 31 heavy (non-hydrogen) atoms. The van der Waals surface area contributed by atoms with Crippen LogP contribution in [0.4, 0.5) is 0 Å². The molecule has 1 saturated heterocycles. The molecule has 3 heterocycles. The summed E-state index contributed by atoms with van der Waals surface area (Å²) in [5, 5.41) is 0.678. The van der Waals surface area contributed by atoms with Crippen LogP contribution in [0.1, 0.15) is 53.9 Å². The predicted octanol–water partition coefficient (Wildman–Crippen LogP) is 3.85. The molecule has 4 rings (SSSR count). The molecule has 0 saturated carbocycles. The zero-order chi connectivity index (χ0) is 22.0. The molecule has 0 N–H and O–H groups in total. The van der Waals surface area contributed by atoms with Gasteiger partial charge in [-0.2, -0.15) is 4.98 Å². The third kappa shape index (κ3) is 4.88. The second-order valence-corrected chi connectivity index (χ2v) is 8.41. The van der Waals surface area contributed by atoms with Gasteiger partial charge in [-0.3, -0.25) is 9.36 Å². The second-order valence-electron chi connectivity index (χ2n) is 7.98. The zero-order valence-electron chi connectivity index (χ0n) is 17.7. The summed E-state index contributed by atoms with van der Waals surface area (Å²) in [5.41, 5.74) is 2.00. The van der Waals surface area contributed by atoms with Crippen LogP contribution in [0.2, 0.25) is 5.02 Å². The van der Waals surface area contributed by atoms with Gasteiger partial charge in [0, 0.05) is 29.4 Å². The summed E-state index contributed by atoms with van der Waals surface area (Å²) in [5.74, 6) is 1.14. The van der Waals surface area contributed by atoms with Crippen LogP contribution < -0.4 is 5.69 Å². The Morgan fingerprint density at radius 2 is 2.10 bits per heavy atom. The van der Waals surface area contributed by atoms with E-state index in [0.29, 0.717) is 29.6 Å². The Morgan fingerprint density at radius 1 is 1.26 bits per heavy atom. The summed E-state index contributed by atoms with van der Waals surface area (Å²) in [6, 6.07) is 9.19. The number of hydrogen-bond acceptors (Lipinski definition) is 5. The number of likely N-dealkylation sites (tertiary alicyclic amines) is 1. The van der Waals surface area contributed by atoms with E-state index in [1.807, 2.05) is 31.2 Å². The van der Waals surface area contributed by atoms with E-state index in [-0.39, 0.29) is 18.5 Å². The highest BCUT2D eigenvalue weighted by atomic mass is 35.5. The molecular weight excluding hydrogens is 416 g/mol. The molecule has 1 amide bonds. The van der Waals surface area contributed by atoms with E-state index < -0.39 is 5.69 Å². The van der Waals surface area contributed by atoms with Crippen molar-refractivity contribution >= 4 is 17.5 Å². The SMILES string of the molecule is Cc1cc(C)n(CC(=O)N2CCCC[C@@H]2c2ncc(Cc3cccc(Cl)c3)o2)c(=O)n1. The molecule has 8 heteroatoms. The van der Waals surface area contributed by atoms with E-state index in [1.165, 1.54) is 4.57 Å². The fraction of sp³-hybridized carbons (Fsp3) is 0.391. The van der Waals surface area contributed by atoms with Gasteiger partial charge in [0.05, 0.1) is 6.20 Å². The topological polar surface area (TPSA) is 81.2 Å². The maximum atomic E-state index is 13.1. The standard InChI is InChI=1S/C23H25ClN4O3/c1-15-10-16(2)28(23(30)26-15)14-21(29)27-9-4-3-8-20(27)22-25-13-19(31-22)12-17-6-5-7-18(24)11-17/h5-7,10-11,13,20H,3-4,8-9,12,14H2,1-2H3/t20-/m1/s1. The number of oxazole rings is 1. The number of benzene rings is 1. The molecule has 1 aliphatic heterocycles.